The van der Waals surface area contributed by atoms with Crippen LogP contribution in [-0.4, -0.2) is 36.4 Å². The number of guanidine groups is 1. The Labute approximate surface area is 118 Å². The molecule has 104 valence electrons. The molecule has 1 rings (SSSR count). The number of benzene rings is 1. The summed E-state index contributed by atoms with van der Waals surface area (Å²) < 4.78 is 5.16. The van der Waals surface area contributed by atoms with Gasteiger partial charge >= 0.3 is 0 Å². The zero-order chi connectivity index (χ0) is 14.3. The number of hydrogen-bond acceptors (Lipinski definition) is 2. The van der Waals surface area contributed by atoms with Crippen molar-refractivity contribution in [1.82, 2.24) is 4.90 Å². The Bertz CT molecular complexity index is 465. The van der Waals surface area contributed by atoms with E-state index in [1.165, 1.54) is 0 Å². The van der Waals surface area contributed by atoms with E-state index in [-0.39, 0.29) is 5.29 Å². The Kier molecular flexibility index (Phi) is 6.15. The summed E-state index contributed by atoms with van der Waals surface area (Å²) in [7, 11) is 1.61. The maximum Gasteiger partial charge on any atom is 0.228 e. The van der Waals surface area contributed by atoms with Crippen molar-refractivity contribution in [2.75, 3.05) is 20.2 Å². The van der Waals surface area contributed by atoms with Crippen LogP contribution in [0.4, 0.5) is 5.69 Å². The van der Waals surface area contributed by atoms with E-state index in [0.717, 1.165) is 24.5 Å². The number of hydrogen-bond donors (Lipinski definition) is 1. The molecule has 0 aliphatic rings. The molecule has 0 saturated heterocycles. The van der Waals surface area contributed by atoms with Gasteiger partial charge in [-0.1, -0.05) is 6.07 Å². The second-order valence-electron chi connectivity index (χ2n) is 3.72. The third-order valence-corrected chi connectivity index (χ3v) is 2.62. The van der Waals surface area contributed by atoms with Crippen LogP contribution in [0.1, 0.15) is 13.8 Å². The molecular formula is C13H19ClN4O. The Hall–Kier alpha value is -1.75. The van der Waals surface area contributed by atoms with Gasteiger partial charge in [-0.15, -0.1) is 0 Å². The van der Waals surface area contributed by atoms with Crippen LogP contribution in [0.15, 0.2) is 34.3 Å². The summed E-state index contributed by atoms with van der Waals surface area (Å²) in [5.74, 6) is 1.23. The number of nitrogens with two attached hydrogens (primary N) is 1. The number of aliphatic imine (C=N–C) groups is 2. The molecule has 0 heterocycles. The van der Waals surface area contributed by atoms with Gasteiger partial charge in [0.25, 0.3) is 0 Å². The molecule has 0 atom stereocenters. The number of amidine groups is 1. The fourth-order valence-corrected chi connectivity index (χ4v) is 1.64. The summed E-state index contributed by atoms with van der Waals surface area (Å²) in [6.45, 7) is 5.58. The lowest BCUT2D eigenvalue weighted by Crippen LogP contribution is -2.30. The zero-order valence-corrected chi connectivity index (χ0v) is 12.2. The Balaban J connectivity index is 3.14. The van der Waals surface area contributed by atoms with E-state index in [1.807, 2.05) is 43.0 Å². The minimum absolute atomic E-state index is 0.0338. The van der Waals surface area contributed by atoms with Crippen LogP contribution in [0, 0.1) is 0 Å². The first-order valence-corrected chi connectivity index (χ1v) is 6.45. The van der Waals surface area contributed by atoms with Crippen molar-refractivity contribution in [3.63, 3.8) is 0 Å². The van der Waals surface area contributed by atoms with Gasteiger partial charge in [0.05, 0.1) is 12.8 Å². The summed E-state index contributed by atoms with van der Waals surface area (Å²) in [5, 5.41) is -0.0338. The lowest BCUT2D eigenvalue weighted by Gasteiger charge is -2.19. The van der Waals surface area contributed by atoms with Crippen molar-refractivity contribution < 1.29 is 4.74 Å². The lowest BCUT2D eigenvalue weighted by atomic mass is 10.3. The molecule has 19 heavy (non-hydrogen) atoms. The molecule has 1 aromatic rings. The van der Waals surface area contributed by atoms with Gasteiger partial charge in [0.1, 0.15) is 5.75 Å². The average molecular weight is 283 g/mol. The maximum absolute atomic E-state index is 5.65. The molecule has 0 aliphatic heterocycles. The molecule has 5 nitrogen and oxygen atoms in total. The highest BCUT2D eigenvalue weighted by Crippen LogP contribution is 2.20. The largest absolute Gasteiger partial charge is 0.497 e. The summed E-state index contributed by atoms with van der Waals surface area (Å²) >= 11 is 5.65. The topological polar surface area (TPSA) is 63.2 Å². The standard InChI is InChI=1S/C13H19ClN4O/c1-4-18(5-2)13(17-12(14)15)16-10-7-6-8-11(9-10)19-3/h6-9H,4-5H2,1-3H3,(H2,15,16,17). The van der Waals surface area contributed by atoms with E-state index in [9.17, 15) is 0 Å². The van der Waals surface area contributed by atoms with Crippen LogP contribution in [-0.2, 0) is 0 Å². The maximum atomic E-state index is 5.65. The minimum Gasteiger partial charge on any atom is -0.497 e. The molecule has 0 amide bonds. The molecule has 2 N–H and O–H groups in total. The SMILES string of the molecule is CCN(CC)C(=Nc1cccc(OC)c1)/N=C(/N)Cl. The first kappa shape index (κ1) is 15.3. The predicted octanol–water partition coefficient (Wildman–Crippen LogP) is 2.58. The van der Waals surface area contributed by atoms with Crippen LogP contribution in [0.2, 0.25) is 0 Å². The average Bonchev–Trinajstić information content (AvgIpc) is 2.39. The highest BCUT2D eigenvalue weighted by atomic mass is 35.5. The Morgan fingerprint density at radius 2 is 2.05 bits per heavy atom. The first-order valence-electron chi connectivity index (χ1n) is 6.08. The van der Waals surface area contributed by atoms with Gasteiger partial charge in [-0.25, -0.2) is 4.99 Å². The van der Waals surface area contributed by atoms with Gasteiger partial charge in [0, 0.05) is 19.2 Å². The molecular weight excluding hydrogens is 264 g/mol. The smallest absolute Gasteiger partial charge is 0.228 e. The minimum atomic E-state index is -0.0338. The quantitative estimate of drug-likeness (QED) is 0.524. The molecule has 0 unspecified atom stereocenters. The highest BCUT2D eigenvalue weighted by Gasteiger charge is 2.07. The van der Waals surface area contributed by atoms with Gasteiger partial charge in [-0.2, -0.15) is 4.99 Å². The van der Waals surface area contributed by atoms with Crippen molar-refractivity contribution in [1.29, 1.82) is 0 Å². The van der Waals surface area contributed by atoms with Crippen LogP contribution in [0.5, 0.6) is 5.75 Å². The van der Waals surface area contributed by atoms with Crippen molar-refractivity contribution >= 4 is 28.5 Å². The van der Waals surface area contributed by atoms with Crippen molar-refractivity contribution in [2.45, 2.75) is 13.8 Å². The third kappa shape index (κ3) is 4.79. The first-order chi connectivity index (χ1) is 9.10. The Morgan fingerprint density at radius 3 is 2.58 bits per heavy atom. The predicted molar refractivity (Wildman–Crippen MR) is 80.5 cm³/mol. The molecule has 1 aromatic carbocycles. The van der Waals surface area contributed by atoms with E-state index >= 15 is 0 Å². The summed E-state index contributed by atoms with van der Waals surface area (Å²) in [6, 6.07) is 7.41. The summed E-state index contributed by atoms with van der Waals surface area (Å²) in [5.41, 5.74) is 6.17. The number of ether oxygens (including phenoxy) is 1. The molecule has 0 radical (unpaired) electrons. The van der Waals surface area contributed by atoms with Crippen molar-refractivity contribution in [2.24, 2.45) is 15.7 Å². The van der Waals surface area contributed by atoms with Crippen LogP contribution < -0.4 is 10.5 Å². The summed E-state index contributed by atoms with van der Waals surface area (Å²) in [6.07, 6.45) is 0. The van der Waals surface area contributed by atoms with Gasteiger partial charge in [-0.05, 0) is 37.6 Å². The zero-order valence-electron chi connectivity index (χ0n) is 11.4. The summed E-state index contributed by atoms with van der Waals surface area (Å²) in [4.78, 5) is 10.5. The second-order valence-corrected chi connectivity index (χ2v) is 4.11. The van der Waals surface area contributed by atoms with Crippen molar-refractivity contribution in [3.8, 4) is 5.75 Å². The van der Waals surface area contributed by atoms with Gasteiger partial charge < -0.3 is 15.4 Å². The molecule has 6 heteroatoms. The molecule has 0 aromatic heterocycles. The van der Waals surface area contributed by atoms with E-state index in [2.05, 4.69) is 9.98 Å². The lowest BCUT2D eigenvalue weighted by molar-refractivity contribution is 0.415. The number of methoxy groups -OCH3 is 1. The van der Waals surface area contributed by atoms with E-state index < -0.39 is 0 Å². The van der Waals surface area contributed by atoms with Gasteiger partial charge in [0.2, 0.25) is 5.96 Å². The third-order valence-electron chi connectivity index (χ3n) is 2.54. The highest BCUT2D eigenvalue weighted by molar-refractivity contribution is 6.65. The Morgan fingerprint density at radius 1 is 1.37 bits per heavy atom. The van der Waals surface area contributed by atoms with E-state index in [4.69, 9.17) is 22.1 Å². The number of halogens is 1. The monoisotopic (exact) mass is 282 g/mol. The molecule has 0 spiro atoms. The van der Waals surface area contributed by atoms with E-state index in [1.54, 1.807) is 7.11 Å². The van der Waals surface area contributed by atoms with Crippen LogP contribution in [0.25, 0.3) is 0 Å². The van der Waals surface area contributed by atoms with Crippen LogP contribution in [0.3, 0.4) is 0 Å². The fraction of sp³-hybridized carbons (Fsp3) is 0.385. The normalized spacial score (nSPS) is 12.4. The number of rotatable bonds is 4. The van der Waals surface area contributed by atoms with Crippen molar-refractivity contribution in [3.05, 3.63) is 24.3 Å². The van der Waals surface area contributed by atoms with Gasteiger partial charge in [-0.3, -0.25) is 0 Å². The van der Waals surface area contributed by atoms with E-state index in [0.29, 0.717) is 5.96 Å². The molecule has 0 bridgehead atoms. The van der Waals surface area contributed by atoms with Gasteiger partial charge in [0.15, 0.2) is 5.29 Å². The molecule has 0 fully saturated rings. The molecule has 0 saturated carbocycles. The fourth-order valence-electron chi connectivity index (χ4n) is 1.56. The number of nitrogens with zero attached hydrogens (tertiary/aromatic N) is 3. The van der Waals surface area contributed by atoms with Crippen LogP contribution >= 0.6 is 11.6 Å². The second kappa shape index (κ2) is 7.63. The molecule has 0 aliphatic carbocycles.